The molecule has 0 amide bonds. The summed E-state index contributed by atoms with van der Waals surface area (Å²) in [6.07, 6.45) is 0. The molecule has 56 valence electrons. The molecule has 2 aromatic rings. The molecule has 0 aliphatic rings. The van der Waals surface area contributed by atoms with Crippen molar-refractivity contribution in [1.29, 1.82) is 0 Å². The first-order valence-electron chi connectivity index (χ1n) is 3.42. The van der Waals surface area contributed by atoms with Gasteiger partial charge in [0.1, 0.15) is 0 Å². The summed E-state index contributed by atoms with van der Waals surface area (Å²) in [4.78, 5) is 0. The van der Waals surface area contributed by atoms with Crippen LogP contribution in [-0.2, 0) is 0 Å². The molecule has 0 saturated heterocycles. The molecule has 0 spiro atoms. The summed E-state index contributed by atoms with van der Waals surface area (Å²) in [6, 6.07) is 8.36. The van der Waals surface area contributed by atoms with E-state index in [-0.39, 0.29) is 0 Å². The zero-order valence-electron chi connectivity index (χ0n) is 6.10. The molecule has 0 N–H and O–H groups in total. The molecule has 2 heteroatoms. The molecule has 11 heavy (non-hydrogen) atoms. The van der Waals surface area contributed by atoms with Gasteiger partial charge in [0.05, 0.1) is 0 Å². The van der Waals surface area contributed by atoms with Crippen LogP contribution < -0.4 is 0 Å². The zero-order chi connectivity index (χ0) is 7.84. The minimum atomic E-state index is 0.480. The van der Waals surface area contributed by atoms with Crippen molar-refractivity contribution in [2.75, 3.05) is 0 Å². The maximum atomic E-state index is 6.09. The van der Waals surface area contributed by atoms with Gasteiger partial charge in [0.2, 0.25) is 0 Å². The van der Waals surface area contributed by atoms with Crippen LogP contribution in [0.5, 0.6) is 0 Å². The Morgan fingerprint density at radius 2 is 2.00 bits per heavy atom. The Labute approximate surface area is 76.5 Å². The van der Waals surface area contributed by atoms with Crippen LogP contribution in [0.25, 0.3) is 9.65 Å². The SMILES string of the molecule is Cc1[se]c2ccccc2c1Cl. The Bertz CT molecular complexity index is 389. The van der Waals surface area contributed by atoms with E-state index in [1.54, 1.807) is 0 Å². The number of fused-ring (bicyclic) bond motifs is 1. The summed E-state index contributed by atoms with van der Waals surface area (Å²) in [5.41, 5.74) is 0. The molecule has 1 aromatic heterocycles. The molecule has 1 heterocycles. The van der Waals surface area contributed by atoms with Gasteiger partial charge < -0.3 is 0 Å². The average Bonchev–Trinajstić information content (AvgIpc) is 2.30. The van der Waals surface area contributed by atoms with E-state index in [2.05, 4.69) is 25.1 Å². The van der Waals surface area contributed by atoms with Crippen molar-refractivity contribution in [1.82, 2.24) is 0 Å². The van der Waals surface area contributed by atoms with Crippen molar-refractivity contribution in [2.45, 2.75) is 6.92 Å². The molecule has 0 unspecified atom stereocenters. The molecule has 0 atom stereocenters. The topological polar surface area (TPSA) is 0 Å². The summed E-state index contributed by atoms with van der Waals surface area (Å²) >= 11 is 6.57. The first-order valence-corrected chi connectivity index (χ1v) is 5.52. The molecule has 1 aromatic carbocycles. The van der Waals surface area contributed by atoms with Gasteiger partial charge in [-0.3, -0.25) is 0 Å². The van der Waals surface area contributed by atoms with Crippen LogP contribution in [0.4, 0.5) is 0 Å². The first kappa shape index (κ1) is 7.42. The van der Waals surface area contributed by atoms with Crippen molar-refractivity contribution in [2.24, 2.45) is 0 Å². The average molecular weight is 230 g/mol. The fourth-order valence-corrected chi connectivity index (χ4v) is 3.63. The molecule has 0 aliphatic heterocycles. The summed E-state index contributed by atoms with van der Waals surface area (Å²) in [6.45, 7) is 2.11. The molecular formula is C9H7ClSe. The van der Waals surface area contributed by atoms with E-state index in [4.69, 9.17) is 11.6 Å². The number of benzene rings is 1. The van der Waals surface area contributed by atoms with E-state index < -0.39 is 0 Å². The third-order valence-corrected chi connectivity index (χ3v) is 4.72. The Balaban J connectivity index is 2.92. The standard InChI is InChI=1S/C9H7ClSe/c1-6-9(10)7-4-2-3-5-8(7)11-6/h2-5H,1H3. The predicted octanol–water partition coefficient (Wildman–Crippen LogP) is 2.86. The second kappa shape index (κ2) is 2.67. The quantitative estimate of drug-likeness (QED) is 0.610. The second-order valence-electron chi connectivity index (χ2n) is 2.47. The molecule has 0 bridgehead atoms. The Kier molecular flexibility index (Phi) is 1.80. The van der Waals surface area contributed by atoms with Crippen LogP contribution in [0, 0.1) is 6.92 Å². The minimum absolute atomic E-state index is 0.480. The fraction of sp³-hybridized carbons (Fsp3) is 0.111. The van der Waals surface area contributed by atoms with Crippen LogP contribution in [0.15, 0.2) is 24.3 Å². The van der Waals surface area contributed by atoms with E-state index in [0.717, 1.165) is 5.02 Å². The summed E-state index contributed by atoms with van der Waals surface area (Å²) in [5.74, 6) is 0. The van der Waals surface area contributed by atoms with E-state index >= 15 is 0 Å². The fourth-order valence-electron chi connectivity index (χ4n) is 1.14. The first-order chi connectivity index (χ1) is 5.29. The van der Waals surface area contributed by atoms with Gasteiger partial charge >= 0.3 is 76.4 Å². The molecule has 0 saturated carbocycles. The van der Waals surface area contributed by atoms with Crippen molar-refractivity contribution >= 4 is 35.8 Å². The zero-order valence-corrected chi connectivity index (χ0v) is 8.56. The molecule has 0 nitrogen and oxygen atoms in total. The number of hydrogen-bond donors (Lipinski definition) is 0. The Morgan fingerprint density at radius 1 is 1.27 bits per heavy atom. The van der Waals surface area contributed by atoms with Gasteiger partial charge in [-0.1, -0.05) is 0 Å². The van der Waals surface area contributed by atoms with Gasteiger partial charge in [-0.2, -0.15) is 0 Å². The molecular weight excluding hydrogens is 223 g/mol. The van der Waals surface area contributed by atoms with E-state index in [9.17, 15) is 0 Å². The third kappa shape index (κ3) is 1.14. The van der Waals surface area contributed by atoms with Crippen molar-refractivity contribution in [3.05, 3.63) is 33.7 Å². The molecule has 2 rings (SSSR count). The maximum absolute atomic E-state index is 6.09. The normalized spacial score (nSPS) is 10.7. The second-order valence-corrected chi connectivity index (χ2v) is 5.48. The molecule has 0 fully saturated rings. The molecule has 0 radical (unpaired) electrons. The van der Waals surface area contributed by atoms with Crippen LogP contribution in [0.1, 0.15) is 4.44 Å². The van der Waals surface area contributed by atoms with E-state index in [0.29, 0.717) is 14.5 Å². The monoisotopic (exact) mass is 230 g/mol. The van der Waals surface area contributed by atoms with Gasteiger partial charge in [-0.05, 0) is 0 Å². The number of rotatable bonds is 0. The summed E-state index contributed by atoms with van der Waals surface area (Å²) < 4.78 is 2.77. The van der Waals surface area contributed by atoms with Crippen molar-refractivity contribution < 1.29 is 0 Å². The van der Waals surface area contributed by atoms with E-state index in [1.165, 1.54) is 14.1 Å². The number of aryl methyl sites for hydroxylation is 1. The number of halogens is 1. The Morgan fingerprint density at radius 3 is 2.73 bits per heavy atom. The van der Waals surface area contributed by atoms with Gasteiger partial charge in [-0.15, -0.1) is 0 Å². The van der Waals surface area contributed by atoms with Crippen LogP contribution in [0.3, 0.4) is 0 Å². The van der Waals surface area contributed by atoms with Crippen molar-refractivity contribution in [3.63, 3.8) is 0 Å². The third-order valence-electron chi connectivity index (χ3n) is 1.70. The molecule has 0 aliphatic carbocycles. The van der Waals surface area contributed by atoms with E-state index in [1.807, 2.05) is 6.07 Å². The summed E-state index contributed by atoms with van der Waals surface area (Å²) in [5, 5.41) is 2.22. The number of hydrogen-bond acceptors (Lipinski definition) is 0. The van der Waals surface area contributed by atoms with Gasteiger partial charge in [-0.25, -0.2) is 0 Å². The Hall–Kier alpha value is -0.231. The van der Waals surface area contributed by atoms with Crippen LogP contribution in [0.2, 0.25) is 5.02 Å². The van der Waals surface area contributed by atoms with Gasteiger partial charge in [0.25, 0.3) is 0 Å². The van der Waals surface area contributed by atoms with Crippen LogP contribution in [-0.4, -0.2) is 14.5 Å². The van der Waals surface area contributed by atoms with Crippen LogP contribution >= 0.6 is 11.6 Å². The van der Waals surface area contributed by atoms with Gasteiger partial charge in [0, 0.05) is 0 Å². The predicted molar refractivity (Wildman–Crippen MR) is 50.6 cm³/mol. The summed E-state index contributed by atoms with van der Waals surface area (Å²) in [7, 11) is 0. The van der Waals surface area contributed by atoms with Gasteiger partial charge in [0.15, 0.2) is 0 Å². The van der Waals surface area contributed by atoms with Crippen molar-refractivity contribution in [3.8, 4) is 0 Å².